The Morgan fingerprint density at radius 1 is 1.43 bits per heavy atom. The topological polar surface area (TPSA) is 92.5 Å². The lowest BCUT2D eigenvalue weighted by molar-refractivity contribution is -0.383. The Hall–Kier alpha value is -1.82. The highest BCUT2D eigenvalue weighted by atomic mass is 35.5. The summed E-state index contributed by atoms with van der Waals surface area (Å²) < 4.78 is 0. The fourth-order valence-corrected chi connectivity index (χ4v) is 2.25. The Morgan fingerprint density at radius 2 is 2.10 bits per heavy atom. The predicted octanol–water partition coefficient (Wildman–Crippen LogP) is 3.94. The number of carboxylic acids is 1. The zero-order valence-electron chi connectivity index (χ0n) is 12.0. The number of aliphatic carboxylic acids is 1. The lowest BCUT2D eigenvalue weighted by Crippen LogP contribution is -2.17. The van der Waals surface area contributed by atoms with Gasteiger partial charge >= 0.3 is 11.7 Å². The summed E-state index contributed by atoms with van der Waals surface area (Å²) >= 11 is 5.84. The van der Waals surface area contributed by atoms with Crippen LogP contribution < -0.4 is 5.32 Å². The molecule has 0 saturated carbocycles. The highest BCUT2D eigenvalue weighted by molar-refractivity contribution is 6.33. The second kappa shape index (κ2) is 7.83. The summed E-state index contributed by atoms with van der Waals surface area (Å²) in [6.45, 7) is 3.57. The van der Waals surface area contributed by atoms with Crippen molar-refractivity contribution in [2.75, 3.05) is 5.32 Å². The van der Waals surface area contributed by atoms with E-state index in [-0.39, 0.29) is 22.7 Å². The number of hydrogen-bond donors (Lipinski definition) is 2. The molecule has 0 bridgehead atoms. The van der Waals surface area contributed by atoms with Gasteiger partial charge in [0.25, 0.3) is 0 Å². The van der Waals surface area contributed by atoms with Gasteiger partial charge < -0.3 is 10.4 Å². The van der Waals surface area contributed by atoms with Crippen LogP contribution in [0.25, 0.3) is 0 Å². The van der Waals surface area contributed by atoms with Crippen LogP contribution >= 0.6 is 11.6 Å². The average Bonchev–Trinajstić information content (AvgIpc) is 2.37. The quantitative estimate of drug-likeness (QED) is 0.560. The van der Waals surface area contributed by atoms with E-state index in [0.717, 1.165) is 12.8 Å². The number of carbonyl (C=O) groups is 1. The maximum Gasteiger partial charge on any atom is 0.310 e. The van der Waals surface area contributed by atoms with Crippen LogP contribution in [0.15, 0.2) is 18.2 Å². The van der Waals surface area contributed by atoms with Crippen molar-refractivity contribution in [3.8, 4) is 0 Å². The molecule has 0 fully saturated rings. The van der Waals surface area contributed by atoms with E-state index < -0.39 is 10.9 Å². The van der Waals surface area contributed by atoms with Crippen LogP contribution in [0.1, 0.15) is 33.1 Å². The van der Waals surface area contributed by atoms with E-state index in [1.807, 2.05) is 6.92 Å². The number of nitro groups is 1. The van der Waals surface area contributed by atoms with Crippen molar-refractivity contribution >= 4 is 28.9 Å². The molecule has 116 valence electrons. The summed E-state index contributed by atoms with van der Waals surface area (Å²) in [7, 11) is 0. The van der Waals surface area contributed by atoms with E-state index >= 15 is 0 Å². The van der Waals surface area contributed by atoms with E-state index in [2.05, 4.69) is 5.32 Å². The number of anilines is 1. The molecule has 0 aliphatic heterocycles. The van der Waals surface area contributed by atoms with Gasteiger partial charge in [-0.3, -0.25) is 14.9 Å². The number of para-hydroxylation sites is 1. The molecule has 0 aliphatic carbocycles. The molecule has 2 N–H and O–H groups in total. The summed E-state index contributed by atoms with van der Waals surface area (Å²) in [5.41, 5.74) is 0.246. The van der Waals surface area contributed by atoms with E-state index in [1.165, 1.54) is 6.07 Å². The number of hydrogen-bond acceptors (Lipinski definition) is 4. The molecule has 21 heavy (non-hydrogen) atoms. The van der Waals surface area contributed by atoms with Crippen LogP contribution in [0.3, 0.4) is 0 Å². The summed E-state index contributed by atoms with van der Waals surface area (Å²) in [6.07, 6.45) is 2.04. The van der Waals surface area contributed by atoms with Gasteiger partial charge in [0, 0.05) is 6.04 Å². The first-order chi connectivity index (χ1) is 9.82. The fraction of sp³-hybridized carbons (Fsp3) is 0.500. The summed E-state index contributed by atoms with van der Waals surface area (Å²) in [5, 5.41) is 23.0. The maximum atomic E-state index is 11.0. The van der Waals surface area contributed by atoms with E-state index in [9.17, 15) is 14.9 Å². The highest BCUT2D eigenvalue weighted by Crippen LogP contribution is 2.32. The van der Waals surface area contributed by atoms with Gasteiger partial charge in [0.15, 0.2) is 0 Å². The first-order valence-electron chi connectivity index (χ1n) is 6.75. The van der Waals surface area contributed by atoms with Crippen LogP contribution in [0, 0.1) is 16.0 Å². The zero-order chi connectivity index (χ0) is 16.0. The van der Waals surface area contributed by atoms with Crippen molar-refractivity contribution < 1.29 is 14.8 Å². The normalized spacial score (nSPS) is 13.5. The summed E-state index contributed by atoms with van der Waals surface area (Å²) in [6, 6.07) is 4.73. The van der Waals surface area contributed by atoms with Gasteiger partial charge in [-0.15, -0.1) is 0 Å². The van der Waals surface area contributed by atoms with Crippen molar-refractivity contribution in [2.24, 2.45) is 5.92 Å². The first kappa shape index (κ1) is 17.2. The molecule has 2 unspecified atom stereocenters. The van der Waals surface area contributed by atoms with Gasteiger partial charge in [0.1, 0.15) is 10.7 Å². The number of benzene rings is 1. The van der Waals surface area contributed by atoms with Crippen molar-refractivity contribution in [3.05, 3.63) is 33.3 Å². The van der Waals surface area contributed by atoms with Gasteiger partial charge in [-0.05, 0) is 31.9 Å². The number of nitro benzene ring substituents is 1. The van der Waals surface area contributed by atoms with Crippen molar-refractivity contribution in [1.29, 1.82) is 0 Å². The van der Waals surface area contributed by atoms with Gasteiger partial charge in [-0.2, -0.15) is 0 Å². The third-order valence-electron chi connectivity index (χ3n) is 3.27. The molecule has 0 aromatic heterocycles. The number of halogens is 1. The highest BCUT2D eigenvalue weighted by Gasteiger charge is 2.19. The maximum absolute atomic E-state index is 11.0. The molecule has 0 amide bonds. The SMILES string of the molecule is CC(CCCC(C)C(=O)O)Nc1cccc(Cl)c1[N+](=O)[O-]. The number of nitrogens with one attached hydrogen (secondary N) is 1. The van der Waals surface area contributed by atoms with E-state index in [1.54, 1.807) is 19.1 Å². The molecule has 0 aliphatic rings. The molecule has 1 aromatic carbocycles. The van der Waals surface area contributed by atoms with Gasteiger partial charge in [0.2, 0.25) is 0 Å². The minimum absolute atomic E-state index is 0.0110. The largest absolute Gasteiger partial charge is 0.481 e. The number of carboxylic acid groups (broad SMARTS) is 1. The fourth-order valence-electron chi connectivity index (χ4n) is 2.01. The summed E-state index contributed by atoms with van der Waals surface area (Å²) in [4.78, 5) is 21.2. The third-order valence-corrected chi connectivity index (χ3v) is 3.57. The van der Waals surface area contributed by atoms with Gasteiger partial charge in [-0.1, -0.05) is 31.0 Å². The zero-order valence-corrected chi connectivity index (χ0v) is 12.8. The van der Waals surface area contributed by atoms with Crippen molar-refractivity contribution in [3.63, 3.8) is 0 Å². The van der Waals surface area contributed by atoms with Gasteiger partial charge in [0.05, 0.1) is 10.8 Å². The lowest BCUT2D eigenvalue weighted by atomic mass is 10.0. The molecular weight excluding hydrogens is 296 g/mol. The van der Waals surface area contributed by atoms with Crippen molar-refractivity contribution in [2.45, 2.75) is 39.2 Å². The molecule has 0 heterocycles. The molecule has 0 radical (unpaired) electrons. The molecular formula is C14H19ClN2O4. The second-order valence-corrected chi connectivity index (χ2v) is 5.52. The average molecular weight is 315 g/mol. The van der Waals surface area contributed by atoms with Crippen LogP contribution in [0.2, 0.25) is 5.02 Å². The van der Waals surface area contributed by atoms with E-state index in [4.69, 9.17) is 16.7 Å². The predicted molar refractivity (Wildman–Crippen MR) is 81.8 cm³/mol. The van der Waals surface area contributed by atoms with Crippen LogP contribution in [-0.4, -0.2) is 22.0 Å². The molecule has 0 saturated heterocycles. The van der Waals surface area contributed by atoms with Crippen molar-refractivity contribution in [1.82, 2.24) is 0 Å². The van der Waals surface area contributed by atoms with Gasteiger partial charge in [-0.25, -0.2) is 0 Å². The molecule has 7 heteroatoms. The Bertz CT molecular complexity index is 522. The third kappa shape index (κ3) is 5.23. The molecule has 2 atom stereocenters. The molecule has 1 aromatic rings. The van der Waals surface area contributed by atoms with Crippen LogP contribution in [0.4, 0.5) is 11.4 Å². The standard InChI is InChI=1S/C14H19ClN2O4/c1-9(14(18)19)5-3-6-10(2)16-12-8-4-7-11(15)13(12)17(20)21/h4,7-10,16H,3,5-6H2,1-2H3,(H,18,19). The van der Waals surface area contributed by atoms with Crippen LogP contribution in [-0.2, 0) is 4.79 Å². The molecule has 0 spiro atoms. The smallest absolute Gasteiger partial charge is 0.310 e. The first-order valence-corrected chi connectivity index (χ1v) is 7.13. The minimum Gasteiger partial charge on any atom is -0.481 e. The Morgan fingerprint density at radius 3 is 2.67 bits per heavy atom. The van der Waals surface area contributed by atoms with Crippen LogP contribution in [0.5, 0.6) is 0 Å². The molecule has 1 rings (SSSR count). The Kier molecular flexibility index (Phi) is 6.42. The Balaban J connectivity index is 2.59. The molecule has 6 nitrogen and oxygen atoms in total. The number of rotatable bonds is 8. The van der Waals surface area contributed by atoms with E-state index in [0.29, 0.717) is 12.1 Å². The lowest BCUT2D eigenvalue weighted by Gasteiger charge is -2.16. The minimum atomic E-state index is -0.805. The number of nitrogens with zero attached hydrogens (tertiary/aromatic N) is 1. The second-order valence-electron chi connectivity index (χ2n) is 5.11. The Labute approximate surface area is 128 Å². The monoisotopic (exact) mass is 314 g/mol. The summed E-state index contributed by atoms with van der Waals surface area (Å²) in [5.74, 6) is -1.18.